The smallest absolute Gasteiger partial charge is 0.479 e. The second-order valence-electron chi connectivity index (χ2n) is 3.24. The highest BCUT2D eigenvalue weighted by molar-refractivity contribution is 5.79. The molecular weight excluding hydrogens is 257 g/mol. The van der Waals surface area contributed by atoms with E-state index in [1.54, 1.807) is 0 Å². The lowest BCUT2D eigenvalue weighted by atomic mass is 10.1. The van der Waals surface area contributed by atoms with Crippen LogP contribution in [0.4, 0.5) is 13.2 Å². The number of hydrogen-bond acceptors (Lipinski definition) is 4. The molecule has 0 bridgehead atoms. The lowest BCUT2D eigenvalue weighted by Crippen LogP contribution is -2.18. The van der Waals surface area contributed by atoms with Gasteiger partial charge in [0.05, 0.1) is 0 Å². The van der Waals surface area contributed by atoms with E-state index in [0.29, 0.717) is 6.07 Å². The Morgan fingerprint density at radius 1 is 1.33 bits per heavy atom. The Balaban J connectivity index is 3.17. The van der Waals surface area contributed by atoms with Gasteiger partial charge in [-0.05, 0) is 23.8 Å². The summed E-state index contributed by atoms with van der Waals surface area (Å²) >= 11 is 0. The van der Waals surface area contributed by atoms with Crippen molar-refractivity contribution in [2.24, 2.45) is 0 Å². The summed E-state index contributed by atoms with van der Waals surface area (Å²) in [4.78, 5) is 21.0. The molecule has 0 fully saturated rings. The second-order valence-corrected chi connectivity index (χ2v) is 3.24. The van der Waals surface area contributed by atoms with Crippen molar-refractivity contribution < 1.29 is 37.7 Å². The van der Waals surface area contributed by atoms with Gasteiger partial charge in [0.2, 0.25) is 0 Å². The molecule has 98 valence electrons. The summed E-state index contributed by atoms with van der Waals surface area (Å²) in [6, 6.07) is 2.42. The van der Waals surface area contributed by atoms with Crippen molar-refractivity contribution in [3.05, 3.63) is 29.3 Å². The third-order valence-electron chi connectivity index (χ3n) is 1.87. The number of rotatable bonds is 4. The normalized spacial score (nSPS) is 12.9. The number of ether oxygens (including phenoxy) is 1. The number of carboxylic acid groups (broad SMARTS) is 1. The van der Waals surface area contributed by atoms with Gasteiger partial charge in [-0.1, -0.05) is 0 Å². The van der Waals surface area contributed by atoms with Crippen LogP contribution >= 0.6 is 0 Å². The SMILES string of the molecule is O=Cc1cc(OC(F)(F)F)cc(C(O)C(=O)O)c1. The van der Waals surface area contributed by atoms with Gasteiger partial charge in [-0.2, -0.15) is 0 Å². The maximum absolute atomic E-state index is 12.0. The van der Waals surface area contributed by atoms with Gasteiger partial charge < -0.3 is 14.9 Å². The number of aldehydes is 1. The van der Waals surface area contributed by atoms with E-state index in [9.17, 15) is 27.9 Å². The molecule has 1 aromatic carbocycles. The fraction of sp³-hybridized carbons (Fsp3) is 0.200. The summed E-state index contributed by atoms with van der Waals surface area (Å²) in [6.45, 7) is 0. The predicted molar refractivity (Wildman–Crippen MR) is 51.1 cm³/mol. The fourth-order valence-corrected chi connectivity index (χ4v) is 1.21. The number of carbonyl (C=O) groups excluding carboxylic acids is 1. The number of hydrogen-bond donors (Lipinski definition) is 2. The number of carbonyl (C=O) groups is 2. The minimum Gasteiger partial charge on any atom is -0.479 e. The molecule has 2 N–H and O–H groups in total. The Labute approximate surface area is 98.4 Å². The van der Waals surface area contributed by atoms with Crippen LogP contribution in [-0.2, 0) is 4.79 Å². The third-order valence-corrected chi connectivity index (χ3v) is 1.87. The van der Waals surface area contributed by atoms with Crippen LogP contribution in [-0.4, -0.2) is 28.8 Å². The molecule has 5 nitrogen and oxygen atoms in total. The van der Waals surface area contributed by atoms with Gasteiger partial charge in [-0.3, -0.25) is 4.79 Å². The Kier molecular flexibility index (Phi) is 3.92. The van der Waals surface area contributed by atoms with E-state index in [-0.39, 0.29) is 17.4 Å². The van der Waals surface area contributed by atoms with E-state index in [4.69, 9.17) is 5.11 Å². The zero-order valence-electron chi connectivity index (χ0n) is 8.64. The molecule has 0 aliphatic rings. The third kappa shape index (κ3) is 3.74. The lowest BCUT2D eigenvalue weighted by Gasteiger charge is -2.12. The van der Waals surface area contributed by atoms with Gasteiger partial charge in [-0.15, -0.1) is 13.2 Å². The Morgan fingerprint density at radius 2 is 1.94 bits per heavy atom. The second kappa shape index (κ2) is 5.05. The Bertz CT molecular complexity index is 469. The number of aliphatic hydroxyl groups excluding tert-OH is 1. The van der Waals surface area contributed by atoms with E-state index < -0.39 is 24.2 Å². The average molecular weight is 264 g/mol. The molecular formula is C10H7F3O5. The van der Waals surface area contributed by atoms with Crippen molar-refractivity contribution in [3.8, 4) is 5.75 Å². The summed E-state index contributed by atoms with van der Waals surface area (Å²) in [5, 5.41) is 17.7. The molecule has 1 rings (SSSR count). The quantitative estimate of drug-likeness (QED) is 0.805. The molecule has 8 heteroatoms. The molecule has 0 spiro atoms. The molecule has 0 saturated heterocycles. The van der Waals surface area contributed by atoms with Crippen molar-refractivity contribution in [2.45, 2.75) is 12.5 Å². The first-order valence-electron chi connectivity index (χ1n) is 4.49. The molecule has 1 aromatic rings. The van der Waals surface area contributed by atoms with E-state index in [0.717, 1.165) is 12.1 Å². The van der Waals surface area contributed by atoms with Gasteiger partial charge in [0.15, 0.2) is 6.10 Å². The lowest BCUT2D eigenvalue weighted by molar-refractivity contribution is -0.274. The van der Waals surface area contributed by atoms with E-state index in [1.165, 1.54) is 0 Å². The number of aliphatic hydroxyl groups is 1. The van der Waals surface area contributed by atoms with Crippen LogP contribution in [0.2, 0.25) is 0 Å². The fourth-order valence-electron chi connectivity index (χ4n) is 1.21. The van der Waals surface area contributed by atoms with Crippen molar-refractivity contribution >= 4 is 12.3 Å². The van der Waals surface area contributed by atoms with Crippen LogP contribution in [0.5, 0.6) is 5.75 Å². The Morgan fingerprint density at radius 3 is 2.39 bits per heavy atom. The van der Waals surface area contributed by atoms with Crippen LogP contribution < -0.4 is 4.74 Å². The summed E-state index contributed by atoms with van der Waals surface area (Å²) in [5.41, 5.74) is -0.626. The van der Waals surface area contributed by atoms with Crippen LogP contribution in [0.1, 0.15) is 22.0 Å². The highest BCUT2D eigenvalue weighted by Gasteiger charge is 2.31. The minimum atomic E-state index is -4.98. The van der Waals surface area contributed by atoms with Crippen molar-refractivity contribution in [2.75, 3.05) is 0 Å². The van der Waals surface area contributed by atoms with Gasteiger partial charge >= 0.3 is 12.3 Å². The van der Waals surface area contributed by atoms with Gasteiger partial charge in [-0.25, -0.2) is 4.79 Å². The standard InChI is InChI=1S/C10H7F3O5/c11-10(12,13)18-7-2-5(4-14)1-6(3-7)8(15)9(16)17/h1-4,8,15H,(H,16,17). The van der Waals surface area contributed by atoms with E-state index in [1.807, 2.05) is 0 Å². The first kappa shape index (κ1) is 14.0. The number of halogens is 3. The zero-order chi connectivity index (χ0) is 13.9. The number of alkyl halides is 3. The first-order valence-corrected chi connectivity index (χ1v) is 4.49. The highest BCUT2D eigenvalue weighted by atomic mass is 19.4. The molecule has 0 amide bonds. The van der Waals surface area contributed by atoms with Gasteiger partial charge in [0, 0.05) is 5.56 Å². The molecule has 0 saturated carbocycles. The maximum Gasteiger partial charge on any atom is 0.573 e. The molecule has 0 aromatic heterocycles. The molecule has 18 heavy (non-hydrogen) atoms. The monoisotopic (exact) mass is 264 g/mol. The number of carboxylic acids is 1. The molecule has 0 aliphatic heterocycles. The Hall–Kier alpha value is -2.09. The summed E-state index contributed by atoms with van der Waals surface area (Å²) in [7, 11) is 0. The summed E-state index contributed by atoms with van der Waals surface area (Å²) < 4.78 is 39.5. The first-order chi connectivity index (χ1) is 8.23. The van der Waals surface area contributed by atoms with Crippen LogP contribution in [0.3, 0.4) is 0 Å². The molecule has 1 unspecified atom stereocenters. The van der Waals surface area contributed by atoms with Crippen LogP contribution in [0.25, 0.3) is 0 Å². The van der Waals surface area contributed by atoms with Crippen molar-refractivity contribution in [3.63, 3.8) is 0 Å². The number of benzene rings is 1. The van der Waals surface area contributed by atoms with Crippen LogP contribution in [0, 0.1) is 0 Å². The predicted octanol–water partition coefficient (Wildman–Crippen LogP) is 1.52. The van der Waals surface area contributed by atoms with Crippen molar-refractivity contribution in [1.29, 1.82) is 0 Å². The molecule has 0 radical (unpaired) electrons. The molecule has 1 atom stereocenters. The number of aliphatic carboxylic acids is 1. The minimum absolute atomic E-state index is 0.210. The largest absolute Gasteiger partial charge is 0.573 e. The molecule has 0 aliphatic carbocycles. The zero-order valence-corrected chi connectivity index (χ0v) is 8.64. The highest BCUT2D eigenvalue weighted by Crippen LogP contribution is 2.27. The summed E-state index contributed by atoms with van der Waals surface area (Å²) in [6.07, 6.45) is -6.81. The van der Waals surface area contributed by atoms with Gasteiger partial charge in [0.1, 0.15) is 12.0 Å². The van der Waals surface area contributed by atoms with Gasteiger partial charge in [0.25, 0.3) is 0 Å². The average Bonchev–Trinajstić information content (AvgIpc) is 2.24. The topological polar surface area (TPSA) is 83.8 Å². The maximum atomic E-state index is 12.0. The van der Waals surface area contributed by atoms with E-state index in [2.05, 4.69) is 4.74 Å². The van der Waals surface area contributed by atoms with Crippen molar-refractivity contribution in [1.82, 2.24) is 0 Å². The molecule has 0 heterocycles. The van der Waals surface area contributed by atoms with E-state index >= 15 is 0 Å². The van der Waals surface area contributed by atoms with Crippen LogP contribution in [0.15, 0.2) is 18.2 Å². The summed E-state index contributed by atoms with van der Waals surface area (Å²) in [5.74, 6) is -2.43.